The Balaban J connectivity index is 1.78. The van der Waals surface area contributed by atoms with E-state index in [0.29, 0.717) is 47.7 Å². The summed E-state index contributed by atoms with van der Waals surface area (Å²) >= 11 is 0. The largest absolute Gasteiger partial charge is 0.497 e. The van der Waals surface area contributed by atoms with E-state index in [9.17, 15) is 19.7 Å². The number of aryl methyl sites for hydroxylation is 1. The van der Waals surface area contributed by atoms with Gasteiger partial charge in [-0.05, 0) is 31.9 Å². The normalized spacial score (nSPS) is 15.6. The molecule has 2 aromatic carbocycles. The molecule has 2 aromatic rings. The third-order valence-corrected chi connectivity index (χ3v) is 5.08. The van der Waals surface area contributed by atoms with E-state index in [1.807, 2.05) is 0 Å². The van der Waals surface area contributed by atoms with Crippen LogP contribution >= 0.6 is 0 Å². The second kappa shape index (κ2) is 8.81. The molecule has 0 aromatic heterocycles. The molecule has 1 aliphatic heterocycles. The van der Waals surface area contributed by atoms with E-state index in [2.05, 4.69) is 5.32 Å². The minimum atomic E-state index is -0.634. The van der Waals surface area contributed by atoms with Crippen molar-refractivity contribution in [2.24, 2.45) is 0 Å². The van der Waals surface area contributed by atoms with E-state index in [-0.39, 0.29) is 17.5 Å². The van der Waals surface area contributed by atoms with Crippen LogP contribution in [0.25, 0.3) is 0 Å². The Hall–Kier alpha value is -3.62. The molecule has 0 saturated carbocycles. The summed E-state index contributed by atoms with van der Waals surface area (Å²) in [6, 6.07) is 8.62. The lowest BCUT2D eigenvalue weighted by Crippen LogP contribution is -2.43. The lowest BCUT2D eigenvalue weighted by atomic mass is 10.1. The summed E-state index contributed by atoms with van der Waals surface area (Å²) in [6.07, 6.45) is 1.22. The minimum absolute atomic E-state index is 0.0470. The molecule has 0 aliphatic carbocycles. The molecule has 9 nitrogen and oxygen atoms in total. The van der Waals surface area contributed by atoms with Crippen LogP contribution in [0.5, 0.6) is 11.5 Å². The van der Waals surface area contributed by atoms with Crippen molar-refractivity contribution in [2.75, 3.05) is 26.1 Å². The Bertz CT molecular complexity index is 968. The zero-order valence-electron chi connectivity index (χ0n) is 17.0. The van der Waals surface area contributed by atoms with Gasteiger partial charge in [0.15, 0.2) is 0 Å². The maximum atomic E-state index is 13.0. The zero-order chi connectivity index (χ0) is 21.8. The highest BCUT2D eigenvalue weighted by Crippen LogP contribution is 2.28. The van der Waals surface area contributed by atoms with Crippen LogP contribution in [-0.2, 0) is 4.79 Å². The van der Waals surface area contributed by atoms with E-state index in [4.69, 9.17) is 9.47 Å². The van der Waals surface area contributed by atoms with Gasteiger partial charge in [0.2, 0.25) is 5.91 Å². The standard InChI is InChI=1S/C21H23N3O6/c1-13-9-14(6-7-18(13)24(27)28)21(26)23-8-4-5-19(23)20(25)22-15-10-16(29-2)12-17(11-15)30-3/h6-7,9-12,19H,4-5,8H2,1-3H3,(H,22,25). The molecule has 0 bridgehead atoms. The maximum Gasteiger partial charge on any atom is 0.272 e. The number of carbonyl (C=O) groups is 2. The number of amides is 2. The summed E-state index contributed by atoms with van der Waals surface area (Å²) in [5.74, 6) is 0.430. The first kappa shape index (κ1) is 21.1. The van der Waals surface area contributed by atoms with Crippen LogP contribution in [0.2, 0.25) is 0 Å². The summed E-state index contributed by atoms with van der Waals surface area (Å²) in [7, 11) is 3.04. The summed E-state index contributed by atoms with van der Waals surface area (Å²) in [5.41, 5.74) is 1.17. The monoisotopic (exact) mass is 413 g/mol. The van der Waals surface area contributed by atoms with Gasteiger partial charge in [0.1, 0.15) is 17.5 Å². The predicted molar refractivity (Wildman–Crippen MR) is 110 cm³/mol. The van der Waals surface area contributed by atoms with Gasteiger partial charge in [-0.1, -0.05) is 0 Å². The van der Waals surface area contributed by atoms with Gasteiger partial charge >= 0.3 is 0 Å². The van der Waals surface area contributed by atoms with Crippen molar-refractivity contribution in [2.45, 2.75) is 25.8 Å². The number of nitrogens with zero attached hydrogens (tertiary/aromatic N) is 2. The van der Waals surface area contributed by atoms with Gasteiger partial charge in [-0.3, -0.25) is 19.7 Å². The molecule has 9 heteroatoms. The predicted octanol–water partition coefficient (Wildman–Crippen LogP) is 3.16. The number of ether oxygens (including phenoxy) is 2. The molecule has 158 valence electrons. The number of likely N-dealkylation sites (tertiary alicyclic amines) is 1. The van der Waals surface area contributed by atoms with Crippen LogP contribution in [-0.4, -0.2) is 48.4 Å². The van der Waals surface area contributed by atoms with Crippen molar-refractivity contribution in [3.8, 4) is 11.5 Å². The van der Waals surface area contributed by atoms with Crippen LogP contribution in [0.3, 0.4) is 0 Å². The highest BCUT2D eigenvalue weighted by atomic mass is 16.6. The molecule has 30 heavy (non-hydrogen) atoms. The number of rotatable bonds is 6. The number of methoxy groups -OCH3 is 2. The molecule has 1 N–H and O–H groups in total. The third-order valence-electron chi connectivity index (χ3n) is 5.08. The third kappa shape index (κ3) is 4.35. The molecule has 0 spiro atoms. The highest BCUT2D eigenvalue weighted by Gasteiger charge is 2.35. The van der Waals surface area contributed by atoms with Crippen LogP contribution in [0, 0.1) is 17.0 Å². The molecule has 1 heterocycles. The Morgan fingerprint density at radius 3 is 2.37 bits per heavy atom. The first-order valence-corrected chi connectivity index (χ1v) is 9.44. The lowest BCUT2D eigenvalue weighted by molar-refractivity contribution is -0.385. The zero-order valence-corrected chi connectivity index (χ0v) is 17.0. The number of hydrogen-bond donors (Lipinski definition) is 1. The van der Waals surface area contributed by atoms with Gasteiger partial charge in [-0.2, -0.15) is 0 Å². The van der Waals surface area contributed by atoms with Gasteiger partial charge in [-0.25, -0.2) is 0 Å². The lowest BCUT2D eigenvalue weighted by Gasteiger charge is -2.24. The summed E-state index contributed by atoms with van der Waals surface area (Å²) in [6.45, 7) is 2.02. The van der Waals surface area contributed by atoms with E-state index >= 15 is 0 Å². The van der Waals surface area contributed by atoms with E-state index in [1.54, 1.807) is 25.1 Å². The Kier molecular flexibility index (Phi) is 6.20. The Labute approximate surface area is 173 Å². The number of hydrogen-bond acceptors (Lipinski definition) is 6. The average molecular weight is 413 g/mol. The number of benzene rings is 2. The summed E-state index contributed by atoms with van der Waals surface area (Å²) in [5, 5.41) is 13.8. The second-order valence-corrected chi connectivity index (χ2v) is 7.01. The average Bonchev–Trinajstić information content (AvgIpc) is 3.22. The van der Waals surface area contributed by atoms with Crippen LogP contribution in [0.4, 0.5) is 11.4 Å². The van der Waals surface area contributed by atoms with Crippen molar-refractivity contribution in [1.82, 2.24) is 4.90 Å². The smallest absolute Gasteiger partial charge is 0.272 e. The van der Waals surface area contributed by atoms with Gasteiger partial charge in [0.25, 0.3) is 11.6 Å². The van der Waals surface area contributed by atoms with E-state index < -0.39 is 11.0 Å². The van der Waals surface area contributed by atoms with E-state index in [0.717, 1.165) is 0 Å². The highest BCUT2D eigenvalue weighted by molar-refractivity contribution is 6.02. The number of carbonyl (C=O) groups excluding carboxylic acids is 2. The molecule has 1 unspecified atom stereocenters. The van der Waals surface area contributed by atoms with Crippen molar-refractivity contribution in [1.29, 1.82) is 0 Å². The number of nitro groups is 1. The fraction of sp³-hybridized carbons (Fsp3) is 0.333. The number of nitrogens with one attached hydrogen (secondary N) is 1. The van der Waals surface area contributed by atoms with Gasteiger partial charge < -0.3 is 19.7 Å². The topological polar surface area (TPSA) is 111 Å². The number of anilines is 1. The molecule has 1 saturated heterocycles. The Morgan fingerprint density at radius 2 is 1.80 bits per heavy atom. The van der Waals surface area contributed by atoms with Crippen molar-refractivity contribution in [3.63, 3.8) is 0 Å². The molecular weight excluding hydrogens is 390 g/mol. The van der Waals surface area contributed by atoms with Crippen LogP contribution in [0.15, 0.2) is 36.4 Å². The van der Waals surface area contributed by atoms with Gasteiger partial charge in [0, 0.05) is 47.6 Å². The van der Waals surface area contributed by atoms with Crippen LogP contribution < -0.4 is 14.8 Å². The van der Waals surface area contributed by atoms with Gasteiger partial charge in [0.05, 0.1) is 19.1 Å². The molecule has 1 aliphatic rings. The minimum Gasteiger partial charge on any atom is -0.497 e. The quantitative estimate of drug-likeness (QED) is 0.575. The van der Waals surface area contributed by atoms with Crippen molar-refractivity contribution >= 4 is 23.2 Å². The Morgan fingerprint density at radius 1 is 1.13 bits per heavy atom. The molecule has 0 radical (unpaired) electrons. The first-order chi connectivity index (χ1) is 14.3. The molecule has 1 atom stereocenters. The fourth-order valence-electron chi connectivity index (χ4n) is 3.55. The first-order valence-electron chi connectivity index (χ1n) is 9.44. The number of nitro benzene ring substituents is 1. The fourth-order valence-corrected chi connectivity index (χ4v) is 3.55. The summed E-state index contributed by atoms with van der Waals surface area (Å²) < 4.78 is 10.4. The van der Waals surface area contributed by atoms with Crippen molar-refractivity contribution < 1.29 is 24.0 Å². The van der Waals surface area contributed by atoms with Crippen molar-refractivity contribution in [3.05, 3.63) is 57.6 Å². The second-order valence-electron chi connectivity index (χ2n) is 7.01. The summed E-state index contributed by atoms with van der Waals surface area (Å²) in [4.78, 5) is 37.9. The molecular formula is C21H23N3O6. The van der Waals surface area contributed by atoms with Crippen LogP contribution in [0.1, 0.15) is 28.8 Å². The SMILES string of the molecule is COc1cc(NC(=O)C2CCCN2C(=O)c2ccc([N+](=O)[O-])c(C)c2)cc(OC)c1. The van der Waals surface area contributed by atoms with Gasteiger partial charge in [-0.15, -0.1) is 0 Å². The van der Waals surface area contributed by atoms with E-state index in [1.165, 1.54) is 37.3 Å². The molecule has 1 fully saturated rings. The molecule has 3 rings (SSSR count). The molecule has 2 amide bonds. The maximum absolute atomic E-state index is 13.0.